The fourth-order valence-electron chi connectivity index (χ4n) is 4.77. The van der Waals surface area contributed by atoms with Crippen molar-refractivity contribution in [1.29, 1.82) is 0 Å². The third kappa shape index (κ3) is 5.98. The third-order valence-electron chi connectivity index (χ3n) is 6.58. The van der Waals surface area contributed by atoms with Gasteiger partial charge in [0.25, 0.3) is 0 Å². The summed E-state index contributed by atoms with van der Waals surface area (Å²) in [5.41, 5.74) is 4.47. The number of amides is 3. The van der Waals surface area contributed by atoms with Crippen LogP contribution in [-0.4, -0.2) is 66.7 Å². The van der Waals surface area contributed by atoms with E-state index in [9.17, 15) is 19.2 Å². The normalized spacial score (nSPS) is 16.3. The summed E-state index contributed by atoms with van der Waals surface area (Å²) in [6.07, 6.45) is 0.686. The molecule has 1 aliphatic heterocycles. The molecular weight excluding hydrogens is 450 g/mol. The number of likely N-dealkylation sites (tertiary alicyclic amines) is 1. The van der Waals surface area contributed by atoms with Crippen LogP contribution in [0.3, 0.4) is 0 Å². The number of hydrogen-bond acceptors (Lipinski definition) is 5. The number of nitrogens with zero attached hydrogens (tertiary/aromatic N) is 1. The van der Waals surface area contributed by atoms with Gasteiger partial charge in [0.1, 0.15) is 13.2 Å². The van der Waals surface area contributed by atoms with Crippen LogP contribution in [-0.2, 0) is 19.1 Å². The van der Waals surface area contributed by atoms with Crippen LogP contribution in [0.25, 0.3) is 11.1 Å². The van der Waals surface area contributed by atoms with Crippen LogP contribution in [0.5, 0.6) is 0 Å². The summed E-state index contributed by atoms with van der Waals surface area (Å²) < 4.78 is 5.40. The maximum atomic E-state index is 12.3. The number of carboxylic acids is 1. The predicted molar refractivity (Wildman–Crippen MR) is 128 cm³/mol. The highest BCUT2D eigenvalue weighted by atomic mass is 16.5. The van der Waals surface area contributed by atoms with Crippen molar-refractivity contribution in [3.63, 3.8) is 0 Å². The maximum absolute atomic E-state index is 12.3. The Morgan fingerprint density at radius 1 is 0.943 bits per heavy atom. The molecule has 3 N–H and O–H groups in total. The van der Waals surface area contributed by atoms with Gasteiger partial charge in [0.2, 0.25) is 11.8 Å². The minimum Gasteiger partial charge on any atom is -0.481 e. The molecule has 2 aromatic rings. The zero-order valence-electron chi connectivity index (χ0n) is 19.4. The Labute approximate surface area is 203 Å². The molecule has 0 spiro atoms. The Bertz CT molecular complexity index is 1070. The lowest BCUT2D eigenvalue weighted by Crippen LogP contribution is -2.43. The Hall–Kier alpha value is -3.88. The second-order valence-electron chi connectivity index (χ2n) is 8.88. The summed E-state index contributed by atoms with van der Waals surface area (Å²) in [5.74, 6) is -1.46. The molecule has 2 aromatic carbocycles. The van der Waals surface area contributed by atoms with E-state index < -0.39 is 18.0 Å². The van der Waals surface area contributed by atoms with E-state index in [1.807, 2.05) is 36.4 Å². The summed E-state index contributed by atoms with van der Waals surface area (Å²) in [5, 5.41) is 13.7. The molecule has 0 aromatic heterocycles. The van der Waals surface area contributed by atoms with Gasteiger partial charge < -0.3 is 25.4 Å². The molecule has 1 heterocycles. The van der Waals surface area contributed by atoms with Gasteiger partial charge in [0.05, 0.1) is 6.54 Å². The van der Waals surface area contributed by atoms with Gasteiger partial charge in [-0.3, -0.25) is 14.4 Å². The number of ether oxygens (including phenoxy) is 1. The van der Waals surface area contributed by atoms with E-state index in [0.29, 0.717) is 19.5 Å². The van der Waals surface area contributed by atoms with Crippen LogP contribution in [0.1, 0.15) is 36.3 Å². The van der Waals surface area contributed by atoms with E-state index in [-0.39, 0.29) is 43.9 Å². The minimum absolute atomic E-state index is 0.0700. The predicted octanol–water partition coefficient (Wildman–Crippen LogP) is 2.35. The first-order valence-electron chi connectivity index (χ1n) is 11.8. The molecule has 0 saturated carbocycles. The molecule has 9 nitrogen and oxygen atoms in total. The van der Waals surface area contributed by atoms with E-state index in [0.717, 1.165) is 28.7 Å². The van der Waals surface area contributed by atoms with Crippen molar-refractivity contribution in [2.45, 2.75) is 25.2 Å². The number of benzene rings is 2. The van der Waals surface area contributed by atoms with Crippen molar-refractivity contribution in [3.05, 3.63) is 59.7 Å². The number of carboxylic acid groups (broad SMARTS) is 1. The summed E-state index contributed by atoms with van der Waals surface area (Å²) in [4.78, 5) is 48.9. The zero-order chi connectivity index (χ0) is 24.8. The average Bonchev–Trinajstić information content (AvgIpc) is 3.46. The number of rotatable bonds is 9. The summed E-state index contributed by atoms with van der Waals surface area (Å²) in [6, 6.07) is 16.0. The Morgan fingerprint density at radius 3 is 2.26 bits per heavy atom. The van der Waals surface area contributed by atoms with Crippen LogP contribution < -0.4 is 10.6 Å². The van der Waals surface area contributed by atoms with Gasteiger partial charge >= 0.3 is 12.1 Å². The first kappa shape index (κ1) is 24.3. The molecule has 1 atom stereocenters. The van der Waals surface area contributed by atoms with Crippen LogP contribution in [0, 0.1) is 5.92 Å². The van der Waals surface area contributed by atoms with E-state index in [2.05, 4.69) is 22.8 Å². The number of carbonyl (C=O) groups excluding carboxylic acids is 3. The standard InChI is InChI=1S/C26H29N3O6/c30-23(27-14-24(31)29-12-11-17(15-29)9-10-25(32)33)13-28-26(34)35-16-22-20-7-3-1-5-18(20)19-6-2-4-8-21(19)22/h1-8,17,22H,9-16H2,(H,27,30)(H,28,34)(H,32,33). The summed E-state index contributed by atoms with van der Waals surface area (Å²) >= 11 is 0. The molecular formula is C26H29N3O6. The van der Waals surface area contributed by atoms with Crippen LogP contribution in [0.4, 0.5) is 4.79 Å². The fraction of sp³-hybridized carbons (Fsp3) is 0.385. The minimum atomic E-state index is -0.842. The SMILES string of the molecule is O=C(O)CCC1CCN(C(=O)CNC(=O)CNC(=O)OCC2c3ccccc3-c3ccccc32)C1. The van der Waals surface area contributed by atoms with Crippen LogP contribution in [0.2, 0.25) is 0 Å². The molecule has 1 fully saturated rings. The largest absolute Gasteiger partial charge is 0.481 e. The zero-order valence-corrected chi connectivity index (χ0v) is 19.4. The number of fused-ring (bicyclic) bond motifs is 3. The van der Waals surface area contributed by atoms with Gasteiger partial charge in [-0.15, -0.1) is 0 Å². The van der Waals surface area contributed by atoms with Crippen LogP contribution >= 0.6 is 0 Å². The highest BCUT2D eigenvalue weighted by Crippen LogP contribution is 2.44. The van der Waals surface area contributed by atoms with Crippen molar-refractivity contribution in [1.82, 2.24) is 15.5 Å². The second-order valence-corrected chi connectivity index (χ2v) is 8.88. The monoisotopic (exact) mass is 479 g/mol. The van der Waals surface area contributed by atoms with Gasteiger partial charge in [0, 0.05) is 25.4 Å². The molecule has 9 heteroatoms. The van der Waals surface area contributed by atoms with Gasteiger partial charge in [-0.25, -0.2) is 4.79 Å². The molecule has 1 saturated heterocycles. The highest BCUT2D eigenvalue weighted by molar-refractivity contribution is 5.87. The molecule has 184 valence electrons. The molecule has 4 rings (SSSR count). The lowest BCUT2D eigenvalue weighted by atomic mass is 9.98. The first-order chi connectivity index (χ1) is 16.9. The second kappa shape index (κ2) is 11.0. The first-order valence-corrected chi connectivity index (χ1v) is 11.8. The van der Waals surface area contributed by atoms with Gasteiger partial charge in [-0.05, 0) is 41.0 Å². The third-order valence-corrected chi connectivity index (χ3v) is 6.58. The fourth-order valence-corrected chi connectivity index (χ4v) is 4.77. The van der Waals surface area contributed by atoms with Gasteiger partial charge in [-0.1, -0.05) is 48.5 Å². The molecule has 1 unspecified atom stereocenters. The Kier molecular flexibility index (Phi) is 7.64. The molecule has 35 heavy (non-hydrogen) atoms. The molecule has 1 aliphatic carbocycles. The van der Waals surface area contributed by atoms with E-state index in [1.165, 1.54) is 0 Å². The lowest BCUT2D eigenvalue weighted by Gasteiger charge is -2.17. The number of nitrogens with one attached hydrogen (secondary N) is 2. The maximum Gasteiger partial charge on any atom is 0.407 e. The van der Waals surface area contributed by atoms with E-state index in [4.69, 9.17) is 9.84 Å². The van der Waals surface area contributed by atoms with Gasteiger partial charge in [-0.2, -0.15) is 0 Å². The van der Waals surface area contributed by atoms with Crippen molar-refractivity contribution >= 4 is 23.9 Å². The molecule has 2 aliphatic rings. The van der Waals surface area contributed by atoms with E-state index in [1.54, 1.807) is 4.90 Å². The summed E-state index contributed by atoms with van der Waals surface area (Å²) in [7, 11) is 0. The highest BCUT2D eigenvalue weighted by Gasteiger charge is 2.29. The smallest absolute Gasteiger partial charge is 0.407 e. The Balaban J connectivity index is 1.17. The number of alkyl carbamates (subject to hydrolysis) is 1. The Morgan fingerprint density at radius 2 is 1.60 bits per heavy atom. The van der Waals surface area contributed by atoms with Crippen molar-refractivity contribution < 1.29 is 29.0 Å². The topological polar surface area (TPSA) is 125 Å². The number of carbonyl (C=O) groups is 4. The summed E-state index contributed by atoms with van der Waals surface area (Å²) in [6.45, 7) is 0.733. The lowest BCUT2D eigenvalue weighted by molar-refractivity contribution is -0.137. The van der Waals surface area contributed by atoms with Crippen molar-refractivity contribution in [2.75, 3.05) is 32.8 Å². The molecule has 0 bridgehead atoms. The number of hydrogen-bond donors (Lipinski definition) is 3. The number of aliphatic carboxylic acids is 1. The quantitative estimate of drug-likeness (QED) is 0.507. The van der Waals surface area contributed by atoms with Crippen LogP contribution in [0.15, 0.2) is 48.5 Å². The van der Waals surface area contributed by atoms with Crippen molar-refractivity contribution in [3.8, 4) is 11.1 Å². The molecule has 3 amide bonds. The van der Waals surface area contributed by atoms with Gasteiger partial charge in [0.15, 0.2) is 0 Å². The average molecular weight is 480 g/mol. The molecule has 0 radical (unpaired) electrons. The van der Waals surface area contributed by atoms with E-state index >= 15 is 0 Å². The van der Waals surface area contributed by atoms with Crippen molar-refractivity contribution in [2.24, 2.45) is 5.92 Å².